The van der Waals surface area contributed by atoms with Gasteiger partial charge in [0.15, 0.2) is 0 Å². The molecule has 0 unspecified atom stereocenters. The van der Waals surface area contributed by atoms with E-state index in [-0.39, 0.29) is 19.1 Å². The van der Waals surface area contributed by atoms with Crippen molar-refractivity contribution in [3.05, 3.63) is 0 Å². The van der Waals surface area contributed by atoms with E-state index in [0.717, 1.165) is 19.3 Å². The standard InChI is InChI=1S/C14H25N3O4/c1-10(2)17(8-11(15)18)13(21)16-9-14(12(19)20)6-4-3-5-7-14/h10H,3-9H2,1-2H3,(H2,15,18)(H,16,21)(H,19,20). The lowest BCUT2D eigenvalue weighted by Crippen LogP contribution is -2.52. The largest absolute Gasteiger partial charge is 0.481 e. The molecular formula is C14H25N3O4. The molecule has 0 heterocycles. The van der Waals surface area contributed by atoms with Crippen LogP contribution in [0.5, 0.6) is 0 Å². The van der Waals surface area contributed by atoms with E-state index < -0.39 is 23.3 Å². The third-order valence-corrected chi connectivity index (χ3v) is 4.05. The number of aliphatic carboxylic acids is 1. The lowest BCUT2D eigenvalue weighted by atomic mass is 9.74. The van der Waals surface area contributed by atoms with E-state index in [2.05, 4.69) is 5.32 Å². The van der Waals surface area contributed by atoms with Crippen LogP contribution in [-0.2, 0) is 9.59 Å². The molecule has 0 radical (unpaired) electrons. The van der Waals surface area contributed by atoms with Gasteiger partial charge in [0.05, 0.1) is 5.41 Å². The molecular weight excluding hydrogens is 274 g/mol. The second-order valence-electron chi connectivity index (χ2n) is 5.99. The van der Waals surface area contributed by atoms with Crippen LogP contribution in [0.25, 0.3) is 0 Å². The molecule has 0 aliphatic heterocycles. The average Bonchev–Trinajstić information content (AvgIpc) is 2.42. The number of hydrogen-bond acceptors (Lipinski definition) is 3. The number of carbonyl (C=O) groups excluding carboxylic acids is 2. The Morgan fingerprint density at radius 3 is 2.24 bits per heavy atom. The number of amides is 3. The highest BCUT2D eigenvalue weighted by molar-refractivity contribution is 5.83. The van der Waals surface area contributed by atoms with E-state index in [9.17, 15) is 19.5 Å². The molecule has 1 aliphatic rings. The molecule has 0 saturated heterocycles. The molecule has 120 valence electrons. The third-order valence-electron chi connectivity index (χ3n) is 4.05. The smallest absolute Gasteiger partial charge is 0.318 e. The summed E-state index contributed by atoms with van der Waals surface area (Å²) in [6.45, 7) is 3.46. The highest BCUT2D eigenvalue weighted by Crippen LogP contribution is 2.36. The van der Waals surface area contributed by atoms with E-state index >= 15 is 0 Å². The van der Waals surface area contributed by atoms with Gasteiger partial charge in [-0.1, -0.05) is 19.3 Å². The molecule has 1 fully saturated rings. The first-order chi connectivity index (χ1) is 9.78. The SMILES string of the molecule is CC(C)N(CC(N)=O)C(=O)NCC1(C(=O)O)CCCCC1. The molecule has 3 amide bonds. The minimum Gasteiger partial charge on any atom is -0.481 e. The first-order valence-corrected chi connectivity index (χ1v) is 7.35. The number of nitrogens with two attached hydrogens (primary N) is 1. The van der Waals surface area contributed by atoms with Crippen molar-refractivity contribution in [3.8, 4) is 0 Å². The van der Waals surface area contributed by atoms with Crippen LogP contribution in [0.4, 0.5) is 4.79 Å². The summed E-state index contributed by atoms with van der Waals surface area (Å²) in [5, 5.41) is 12.1. The van der Waals surface area contributed by atoms with Gasteiger partial charge in [0.2, 0.25) is 5.91 Å². The Labute approximate surface area is 124 Å². The maximum absolute atomic E-state index is 12.1. The number of nitrogens with zero attached hydrogens (tertiary/aromatic N) is 1. The van der Waals surface area contributed by atoms with Crippen molar-refractivity contribution in [2.45, 2.75) is 52.0 Å². The molecule has 1 rings (SSSR count). The summed E-state index contributed by atoms with van der Waals surface area (Å²) in [6, 6.07) is -0.639. The molecule has 0 atom stereocenters. The number of carbonyl (C=O) groups is 3. The molecule has 0 bridgehead atoms. The van der Waals surface area contributed by atoms with Crippen LogP contribution in [0.2, 0.25) is 0 Å². The summed E-state index contributed by atoms with van der Waals surface area (Å²) >= 11 is 0. The number of urea groups is 1. The van der Waals surface area contributed by atoms with Crippen molar-refractivity contribution in [2.24, 2.45) is 11.1 Å². The third kappa shape index (κ3) is 4.61. The van der Waals surface area contributed by atoms with E-state index in [4.69, 9.17) is 5.73 Å². The Balaban J connectivity index is 2.67. The first kappa shape index (κ1) is 17.3. The van der Waals surface area contributed by atoms with Gasteiger partial charge in [0, 0.05) is 12.6 Å². The Kier molecular flexibility index (Phi) is 5.99. The summed E-state index contributed by atoms with van der Waals surface area (Å²) in [7, 11) is 0. The lowest BCUT2D eigenvalue weighted by molar-refractivity contribution is -0.150. The first-order valence-electron chi connectivity index (χ1n) is 7.35. The van der Waals surface area contributed by atoms with Crippen LogP contribution in [0.1, 0.15) is 46.0 Å². The minimum atomic E-state index is -0.886. The van der Waals surface area contributed by atoms with Gasteiger partial charge in [-0.2, -0.15) is 0 Å². The fourth-order valence-corrected chi connectivity index (χ4v) is 2.70. The van der Waals surface area contributed by atoms with Gasteiger partial charge in [-0.05, 0) is 26.7 Å². The molecule has 4 N–H and O–H groups in total. The van der Waals surface area contributed by atoms with Crippen LogP contribution in [0, 0.1) is 5.41 Å². The van der Waals surface area contributed by atoms with E-state index in [0.29, 0.717) is 12.8 Å². The Bertz CT molecular complexity index is 403. The zero-order valence-electron chi connectivity index (χ0n) is 12.7. The number of carboxylic acid groups (broad SMARTS) is 1. The van der Waals surface area contributed by atoms with Crippen molar-refractivity contribution in [2.75, 3.05) is 13.1 Å². The molecule has 0 aromatic rings. The average molecular weight is 299 g/mol. The van der Waals surface area contributed by atoms with Crippen molar-refractivity contribution in [1.82, 2.24) is 10.2 Å². The molecule has 1 aliphatic carbocycles. The van der Waals surface area contributed by atoms with Crippen molar-refractivity contribution >= 4 is 17.9 Å². The van der Waals surface area contributed by atoms with E-state index in [1.807, 2.05) is 0 Å². The molecule has 0 aromatic carbocycles. The van der Waals surface area contributed by atoms with Gasteiger partial charge < -0.3 is 21.1 Å². The second-order valence-corrected chi connectivity index (χ2v) is 5.99. The van der Waals surface area contributed by atoms with Gasteiger partial charge in [0.1, 0.15) is 6.54 Å². The van der Waals surface area contributed by atoms with Crippen molar-refractivity contribution < 1.29 is 19.5 Å². The zero-order chi connectivity index (χ0) is 16.0. The monoisotopic (exact) mass is 299 g/mol. The van der Waals surface area contributed by atoms with Gasteiger partial charge in [-0.3, -0.25) is 9.59 Å². The molecule has 21 heavy (non-hydrogen) atoms. The summed E-state index contributed by atoms with van der Waals surface area (Å²) < 4.78 is 0. The fraction of sp³-hybridized carbons (Fsp3) is 0.786. The summed E-state index contributed by atoms with van der Waals surface area (Å²) in [6.07, 6.45) is 3.89. The van der Waals surface area contributed by atoms with Crippen LogP contribution >= 0.6 is 0 Å². The number of hydrogen-bond donors (Lipinski definition) is 3. The Morgan fingerprint density at radius 1 is 1.24 bits per heavy atom. The lowest BCUT2D eigenvalue weighted by Gasteiger charge is -2.34. The molecule has 0 aromatic heterocycles. The van der Waals surface area contributed by atoms with Crippen LogP contribution in [0.15, 0.2) is 0 Å². The highest BCUT2D eigenvalue weighted by atomic mass is 16.4. The Morgan fingerprint density at radius 2 is 1.81 bits per heavy atom. The fourth-order valence-electron chi connectivity index (χ4n) is 2.70. The van der Waals surface area contributed by atoms with Crippen LogP contribution < -0.4 is 11.1 Å². The predicted octanol–water partition coefficient (Wildman–Crippen LogP) is 0.927. The normalized spacial score (nSPS) is 17.3. The van der Waals surface area contributed by atoms with Crippen LogP contribution in [-0.4, -0.2) is 47.0 Å². The topological polar surface area (TPSA) is 113 Å². The van der Waals surface area contributed by atoms with E-state index in [1.165, 1.54) is 4.90 Å². The molecule has 0 spiro atoms. The summed E-state index contributed by atoms with van der Waals surface area (Å²) in [4.78, 5) is 36.0. The molecule has 7 nitrogen and oxygen atoms in total. The summed E-state index contributed by atoms with van der Waals surface area (Å²) in [5.74, 6) is -1.46. The second kappa shape index (κ2) is 7.28. The number of nitrogens with one attached hydrogen (secondary N) is 1. The van der Waals surface area contributed by atoms with Crippen LogP contribution in [0.3, 0.4) is 0 Å². The highest BCUT2D eigenvalue weighted by Gasteiger charge is 2.40. The van der Waals surface area contributed by atoms with Gasteiger partial charge in [-0.25, -0.2) is 4.79 Å². The summed E-state index contributed by atoms with van der Waals surface area (Å²) in [5.41, 5.74) is 4.24. The Hall–Kier alpha value is -1.79. The maximum atomic E-state index is 12.1. The zero-order valence-corrected chi connectivity index (χ0v) is 12.7. The predicted molar refractivity (Wildman–Crippen MR) is 77.6 cm³/mol. The van der Waals surface area contributed by atoms with Gasteiger partial charge >= 0.3 is 12.0 Å². The number of primary amides is 1. The number of carboxylic acids is 1. The van der Waals surface area contributed by atoms with Crippen molar-refractivity contribution in [3.63, 3.8) is 0 Å². The van der Waals surface area contributed by atoms with Gasteiger partial charge in [-0.15, -0.1) is 0 Å². The maximum Gasteiger partial charge on any atom is 0.318 e. The molecule has 7 heteroatoms. The number of rotatable bonds is 6. The van der Waals surface area contributed by atoms with Gasteiger partial charge in [0.25, 0.3) is 0 Å². The molecule has 1 saturated carbocycles. The minimum absolute atomic E-state index is 0.0865. The van der Waals surface area contributed by atoms with Crippen molar-refractivity contribution in [1.29, 1.82) is 0 Å². The van der Waals surface area contributed by atoms with E-state index in [1.54, 1.807) is 13.8 Å². The quantitative estimate of drug-likeness (QED) is 0.677.